The first-order valence-electron chi connectivity index (χ1n) is 6.43. The minimum Gasteiger partial charge on any atom is -0.267 e. The van der Waals surface area contributed by atoms with Gasteiger partial charge in [0.2, 0.25) is 0 Å². The second kappa shape index (κ2) is 6.62. The van der Waals surface area contributed by atoms with Crippen molar-refractivity contribution in [2.24, 2.45) is 5.84 Å². The van der Waals surface area contributed by atoms with E-state index in [4.69, 9.17) is 5.84 Å². The summed E-state index contributed by atoms with van der Waals surface area (Å²) >= 11 is 0. The Morgan fingerprint density at radius 1 is 0.750 bits per heavy atom. The Kier molecular flexibility index (Phi) is 4.61. The zero-order chi connectivity index (χ0) is 17.9. The number of carbonyl (C=O) groups excluding carboxylic acids is 2. The lowest BCUT2D eigenvalue weighted by atomic mass is 10.1. The Balaban J connectivity index is 2.18. The molecule has 0 aliphatic carbocycles. The molecule has 2 aromatic carbocycles. The molecule has 0 aliphatic rings. The van der Waals surface area contributed by atoms with Gasteiger partial charge in [0, 0.05) is 35.4 Å². The van der Waals surface area contributed by atoms with Gasteiger partial charge in [-0.05, 0) is 24.3 Å². The molecule has 0 spiro atoms. The van der Waals surface area contributed by atoms with Crippen LogP contribution in [0, 0.1) is 20.2 Å². The Morgan fingerprint density at radius 3 is 1.29 bits per heavy atom. The smallest absolute Gasteiger partial charge is 0.267 e. The summed E-state index contributed by atoms with van der Waals surface area (Å²) in [6.45, 7) is 0. The first-order chi connectivity index (χ1) is 11.3. The summed E-state index contributed by atoms with van der Waals surface area (Å²) < 4.78 is 0. The summed E-state index contributed by atoms with van der Waals surface area (Å²) in [7, 11) is 0. The van der Waals surface area contributed by atoms with E-state index in [9.17, 15) is 29.8 Å². The molecule has 0 atom stereocenters. The van der Waals surface area contributed by atoms with E-state index in [2.05, 4.69) is 0 Å². The number of non-ortho nitro benzene ring substituents is 2. The molecule has 0 fully saturated rings. The first kappa shape index (κ1) is 16.7. The molecule has 2 rings (SSSR count). The fraction of sp³-hybridized carbons (Fsp3) is 0. The Morgan fingerprint density at radius 2 is 1.04 bits per heavy atom. The van der Waals surface area contributed by atoms with Crippen molar-refractivity contribution >= 4 is 23.2 Å². The number of nitrogens with zero attached hydrogens (tertiary/aromatic N) is 3. The second-order valence-electron chi connectivity index (χ2n) is 4.59. The minimum absolute atomic E-state index is 0.0154. The van der Waals surface area contributed by atoms with E-state index in [1.807, 2.05) is 0 Å². The van der Waals surface area contributed by atoms with Crippen LogP contribution >= 0.6 is 0 Å². The standard InChI is InChI=1S/C14H10N4O6/c15-16(13(19)9-1-5-11(6-2-9)17(21)22)14(20)10-3-7-12(8-4-10)18(23)24/h1-8H,15H2. The molecule has 0 unspecified atom stereocenters. The number of benzene rings is 2. The van der Waals surface area contributed by atoms with Crippen LogP contribution in [0.1, 0.15) is 20.7 Å². The molecule has 0 aromatic heterocycles. The highest BCUT2D eigenvalue weighted by atomic mass is 16.6. The summed E-state index contributed by atoms with van der Waals surface area (Å²) in [5.41, 5.74) is -0.453. The van der Waals surface area contributed by atoms with E-state index < -0.39 is 21.7 Å². The van der Waals surface area contributed by atoms with Crippen LogP contribution in [0.15, 0.2) is 48.5 Å². The quantitative estimate of drug-likeness (QED) is 0.294. The van der Waals surface area contributed by atoms with Crippen molar-refractivity contribution < 1.29 is 19.4 Å². The van der Waals surface area contributed by atoms with Gasteiger partial charge in [-0.1, -0.05) is 0 Å². The maximum absolute atomic E-state index is 12.1. The first-order valence-corrected chi connectivity index (χ1v) is 6.43. The van der Waals surface area contributed by atoms with E-state index in [1.54, 1.807) is 0 Å². The van der Waals surface area contributed by atoms with Gasteiger partial charge in [-0.2, -0.15) is 0 Å². The SMILES string of the molecule is NN(C(=O)c1ccc([N+](=O)[O-])cc1)C(=O)c1ccc([N+](=O)[O-])cc1. The summed E-state index contributed by atoms with van der Waals surface area (Å²) in [4.78, 5) is 44.1. The van der Waals surface area contributed by atoms with E-state index in [1.165, 1.54) is 24.3 Å². The number of amides is 2. The molecular weight excluding hydrogens is 320 g/mol. The Hall–Kier alpha value is -3.66. The van der Waals surface area contributed by atoms with Crippen molar-refractivity contribution in [3.8, 4) is 0 Å². The number of nitro groups is 2. The fourth-order valence-corrected chi connectivity index (χ4v) is 1.82. The number of imide groups is 1. The summed E-state index contributed by atoms with van der Waals surface area (Å²) in [6, 6.07) is 9.11. The van der Waals surface area contributed by atoms with Crippen LogP contribution < -0.4 is 5.84 Å². The molecule has 0 radical (unpaired) electrons. The third kappa shape index (κ3) is 3.39. The normalized spacial score (nSPS) is 10.0. The highest BCUT2D eigenvalue weighted by Crippen LogP contribution is 2.15. The van der Waals surface area contributed by atoms with Crippen molar-refractivity contribution in [2.45, 2.75) is 0 Å². The van der Waals surface area contributed by atoms with Crippen molar-refractivity contribution in [3.63, 3.8) is 0 Å². The van der Waals surface area contributed by atoms with Crippen molar-refractivity contribution in [1.29, 1.82) is 0 Å². The Labute approximate surface area is 134 Å². The molecule has 0 aliphatic heterocycles. The molecule has 122 valence electrons. The molecule has 0 heterocycles. The van der Waals surface area contributed by atoms with Crippen LogP contribution in [0.2, 0.25) is 0 Å². The third-order valence-corrected chi connectivity index (χ3v) is 3.09. The Bertz CT molecular complexity index is 747. The number of hydrogen-bond donors (Lipinski definition) is 1. The molecule has 0 saturated heterocycles. The number of rotatable bonds is 4. The van der Waals surface area contributed by atoms with Crippen LogP contribution in [-0.2, 0) is 0 Å². The van der Waals surface area contributed by atoms with Crippen LogP contribution in [0.3, 0.4) is 0 Å². The number of carbonyl (C=O) groups is 2. The summed E-state index contributed by atoms with van der Waals surface area (Å²) in [6.07, 6.45) is 0. The monoisotopic (exact) mass is 330 g/mol. The van der Waals surface area contributed by atoms with Gasteiger partial charge in [0.25, 0.3) is 23.2 Å². The average molecular weight is 330 g/mol. The zero-order valence-electron chi connectivity index (χ0n) is 12.0. The van der Waals surface area contributed by atoms with E-state index in [0.717, 1.165) is 24.3 Å². The van der Waals surface area contributed by atoms with Gasteiger partial charge >= 0.3 is 0 Å². The van der Waals surface area contributed by atoms with Gasteiger partial charge in [0.05, 0.1) is 9.85 Å². The largest absolute Gasteiger partial charge is 0.275 e. The lowest BCUT2D eigenvalue weighted by Gasteiger charge is -2.14. The molecule has 10 nitrogen and oxygen atoms in total. The van der Waals surface area contributed by atoms with Gasteiger partial charge in [0.15, 0.2) is 0 Å². The van der Waals surface area contributed by atoms with Crippen molar-refractivity contribution in [3.05, 3.63) is 79.9 Å². The lowest BCUT2D eigenvalue weighted by molar-refractivity contribution is -0.385. The van der Waals surface area contributed by atoms with Gasteiger partial charge < -0.3 is 0 Å². The lowest BCUT2D eigenvalue weighted by Crippen LogP contribution is -2.42. The topological polar surface area (TPSA) is 150 Å². The van der Waals surface area contributed by atoms with Gasteiger partial charge in [-0.15, -0.1) is 0 Å². The van der Waals surface area contributed by atoms with Crippen LogP contribution in [0.25, 0.3) is 0 Å². The number of nitrogens with two attached hydrogens (primary N) is 1. The highest BCUT2D eigenvalue weighted by Gasteiger charge is 2.22. The van der Waals surface area contributed by atoms with Gasteiger partial charge in [0.1, 0.15) is 0 Å². The maximum Gasteiger partial charge on any atom is 0.275 e. The van der Waals surface area contributed by atoms with Gasteiger partial charge in [-0.25, -0.2) is 10.9 Å². The summed E-state index contributed by atoms with van der Waals surface area (Å²) in [5, 5.41) is 21.5. The minimum atomic E-state index is -0.867. The fourth-order valence-electron chi connectivity index (χ4n) is 1.82. The number of hydrogen-bond acceptors (Lipinski definition) is 7. The third-order valence-electron chi connectivity index (χ3n) is 3.09. The second-order valence-corrected chi connectivity index (χ2v) is 4.59. The molecule has 2 aromatic rings. The van der Waals surface area contributed by atoms with E-state index >= 15 is 0 Å². The van der Waals surface area contributed by atoms with E-state index in [0.29, 0.717) is 5.01 Å². The molecule has 24 heavy (non-hydrogen) atoms. The van der Waals surface area contributed by atoms with Crippen LogP contribution in [0.4, 0.5) is 11.4 Å². The number of nitro benzene ring substituents is 2. The average Bonchev–Trinajstić information content (AvgIpc) is 2.60. The molecule has 0 bridgehead atoms. The molecular formula is C14H10N4O6. The zero-order valence-corrected chi connectivity index (χ0v) is 12.0. The van der Waals surface area contributed by atoms with Crippen LogP contribution in [-0.4, -0.2) is 26.7 Å². The molecule has 2 amide bonds. The molecule has 10 heteroatoms. The number of hydrazine groups is 1. The predicted octanol–water partition coefficient (Wildman–Crippen LogP) is 1.66. The maximum atomic E-state index is 12.1. The summed E-state index contributed by atoms with van der Waals surface area (Å²) in [5.74, 6) is 3.75. The van der Waals surface area contributed by atoms with Crippen molar-refractivity contribution in [1.82, 2.24) is 5.01 Å². The van der Waals surface area contributed by atoms with E-state index in [-0.39, 0.29) is 22.5 Å². The molecule has 0 saturated carbocycles. The molecule has 2 N–H and O–H groups in total. The highest BCUT2D eigenvalue weighted by molar-refractivity contribution is 6.09. The predicted molar refractivity (Wildman–Crippen MR) is 80.9 cm³/mol. The van der Waals surface area contributed by atoms with Crippen molar-refractivity contribution in [2.75, 3.05) is 0 Å². The van der Waals surface area contributed by atoms with Gasteiger partial charge in [-0.3, -0.25) is 29.8 Å². The van der Waals surface area contributed by atoms with Crippen LogP contribution in [0.5, 0.6) is 0 Å².